The fourth-order valence-electron chi connectivity index (χ4n) is 3.29. The molecule has 2 amide bonds. The van der Waals surface area contributed by atoms with Crippen molar-refractivity contribution in [3.05, 3.63) is 34.8 Å². The lowest BCUT2D eigenvalue weighted by Crippen LogP contribution is -2.65. The second-order valence-corrected chi connectivity index (χ2v) is 7.47. The number of rotatable bonds is 5. The highest BCUT2D eigenvalue weighted by atomic mass is 35.5. The van der Waals surface area contributed by atoms with E-state index >= 15 is 0 Å². The number of phenols is 1. The smallest absolute Gasteiger partial charge is 0.246 e. The molecule has 2 aliphatic heterocycles. The Bertz CT molecular complexity index is 744. The summed E-state index contributed by atoms with van der Waals surface area (Å²) in [6, 6.07) is 3.16. The molecule has 0 aliphatic carbocycles. The standard InChI is InChI=1S/C18H22Cl2N4O3/c1-2-17(26)23-5-3-22(4-6-23)12-10-24(11-12)18(27)9-21-15-7-13(19)14(20)8-16(15)25/h2,7-8,12,21,25H,1,3-6,9-11H2. The van der Waals surface area contributed by atoms with Gasteiger partial charge in [0.05, 0.1) is 22.3 Å². The zero-order valence-corrected chi connectivity index (χ0v) is 16.3. The Morgan fingerprint density at radius 1 is 1.15 bits per heavy atom. The van der Waals surface area contributed by atoms with Crippen molar-refractivity contribution in [2.75, 3.05) is 51.1 Å². The van der Waals surface area contributed by atoms with Gasteiger partial charge in [-0.25, -0.2) is 0 Å². The molecule has 3 rings (SSSR count). The van der Waals surface area contributed by atoms with Crippen LogP contribution >= 0.6 is 23.2 Å². The molecule has 2 N–H and O–H groups in total. The van der Waals surface area contributed by atoms with Gasteiger partial charge in [0, 0.05) is 51.4 Å². The number of hydrogen-bond donors (Lipinski definition) is 2. The first kappa shape index (κ1) is 19.8. The van der Waals surface area contributed by atoms with Crippen LogP contribution in [0.15, 0.2) is 24.8 Å². The first-order valence-electron chi connectivity index (χ1n) is 8.74. The van der Waals surface area contributed by atoms with Crippen molar-refractivity contribution in [3.63, 3.8) is 0 Å². The molecule has 0 radical (unpaired) electrons. The van der Waals surface area contributed by atoms with Gasteiger partial charge in [-0.2, -0.15) is 0 Å². The van der Waals surface area contributed by atoms with E-state index in [1.165, 1.54) is 18.2 Å². The third-order valence-electron chi connectivity index (χ3n) is 5.00. The lowest BCUT2D eigenvalue weighted by Gasteiger charge is -2.48. The van der Waals surface area contributed by atoms with Crippen molar-refractivity contribution < 1.29 is 14.7 Å². The van der Waals surface area contributed by atoms with Crippen LogP contribution in [0.1, 0.15) is 0 Å². The van der Waals surface area contributed by atoms with Crippen LogP contribution in [-0.4, -0.2) is 83.5 Å². The predicted molar refractivity (Wildman–Crippen MR) is 105 cm³/mol. The van der Waals surface area contributed by atoms with E-state index < -0.39 is 0 Å². The number of carbonyl (C=O) groups is 2. The SMILES string of the molecule is C=CC(=O)N1CCN(C2CN(C(=O)CNc3cc(Cl)c(Cl)cc3O)C2)CC1. The summed E-state index contributed by atoms with van der Waals surface area (Å²) in [6.07, 6.45) is 1.35. The average Bonchev–Trinajstić information content (AvgIpc) is 2.62. The van der Waals surface area contributed by atoms with Gasteiger partial charge >= 0.3 is 0 Å². The summed E-state index contributed by atoms with van der Waals surface area (Å²) >= 11 is 11.8. The van der Waals surface area contributed by atoms with Crippen molar-refractivity contribution >= 4 is 40.7 Å². The molecule has 2 aliphatic rings. The molecule has 0 aromatic heterocycles. The van der Waals surface area contributed by atoms with E-state index in [1.807, 2.05) is 0 Å². The van der Waals surface area contributed by atoms with Crippen molar-refractivity contribution in [1.82, 2.24) is 14.7 Å². The van der Waals surface area contributed by atoms with Crippen LogP contribution in [0.2, 0.25) is 10.0 Å². The quantitative estimate of drug-likeness (QED) is 0.567. The van der Waals surface area contributed by atoms with Crippen LogP contribution in [0.5, 0.6) is 5.75 Å². The van der Waals surface area contributed by atoms with E-state index in [0.717, 1.165) is 13.1 Å². The molecule has 1 aromatic carbocycles. The Labute approximate surface area is 168 Å². The monoisotopic (exact) mass is 412 g/mol. The van der Waals surface area contributed by atoms with Gasteiger partial charge < -0.3 is 20.2 Å². The molecule has 9 heteroatoms. The third kappa shape index (κ3) is 4.48. The number of likely N-dealkylation sites (tertiary alicyclic amines) is 1. The van der Waals surface area contributed by atoms with Gasteiger partial charge in [-0.15, -0.1) is 0 Å². The van der Waals surface area contributed by atoms with E-state index in [-0.39, 0.29) is 29.1 Å². The summed E-state index contributed by atoms with van der Waals surface area (Å²) in [4.78, 5) is 29.8. The molecule has 7 nitrogen and oxygen atoms in total. The van der Waals surface area contributed by atoms with Crippen LogP contribution in [0.3, 0.4) is 0 Å². The van der Waals surface area contributed by atoms with Gasteiger partial charge in [0.15, 0.2) is 0 Å². The van der Waals surface area contributed by atoms with Crippen LogP contribution < -0.4 is 5.32 Å². The molecule has 0 saturated carbocycles. The number of piperazine rings is 1. The Hall–Kier alpha value is -1.96. The number of anilines is 1. The van der Waals surface area contributed by atoms with E-state index in [9.17, 15) is 14.7 Å². The Balaban J connectivity index is 1.42. The van der Waals surface area contributed by atoms with Crippen LogP contribution in [0, 0.1) is 0 Å². The minimum atomic E-state index is -0.0503. The highest BCUT2D eigenvalue weighted by molar-refractivity contribution is 6.42. The van der Waals surface area contributed by atoms with Crippen molar-refractivity contribution in [2.45, 2.75) is 6.04 Å². The number of aromatic hydroxyl groups is 1. The van der Waals surface area contributed by atoms with E-state index in [0.29, 0.717) is 42.9 Å². The highest BCUT2D eigenvalue weighted by Crippen LogP contribution is 2.33. The summed E-state index contributed by atoms with van der Waals surface area (Å²) < 4.78 is 0. The second kappa shape index (κ2) is 8.37. The van der Waals surface area contributed by atoms with Crippen LogP contribution in [0.25, 0.3) is 0 Å². The minimum Gasteiger partial charge on any atom is -0.506 e. The molecule has 0 unspecified atom stereocenters. The zero-order chi connectivity index (χ0) is 19.6. The number of halogens is 2. The summed E-state index contributed by atoms with van der Waals surface area (Å²) in [5.41, 5.74) is 0.373. The molecule has 146 valence electrons. The van der Waals surface area contributed by atoms with E-state index in [4.69, 9.17) is 23.2 Å². The number of benzene rings is 1. The second-order valence-electron chi connectivity index (χ2n) is 6.65. The summed E-state index contributed by atoms with van der Waals surface area (Å²) in [7, 11) is 0. The van der Waals surface area contributed by atoms with Gasteiger partial charge in [0.25, 0.3) is 0 Å². The van der Waals surface area contributed by atoms with Crippen molar-refractivity contribution in [3.8, 4) is 5.75 Å². The van der Waals surface area contributed by atoms with E-state index in [2.05, 4.69) is 16.8 Å². The fraction of sp³-hybridized carbons (Fsp3) is 0.444. The van der Waals surface area contributed by atoms with Gasteiger partial charge in [0.1, 0.15) is 5.75 Å². The fourth-order valence-corrected chi connectivity index (χ4v) is 3.61. The molecule has 0 bridgehead atoms. The summed E-state index contributed by atoms with van der Waals surface area (Å²) in [5.74, 6) is -0.125. The number of hydrogen-bond acceptors (Lipinski definition) is 5. The van der Waals surface area contributed by atoms with Crippen LogP contribution in [-0.2, 0) is 9.59 Å². The minimum absolute atomic E-state index is 0.0308. The molecule has 27 heavy (non-hydrogen) atoms. The normalized spacial score (nSPS) is 18.1. The number of nitrogens with one attached hydrogen (secondary N) is 1. The molecule has 0 spiro atoms. The van der Waals surface area contributed by atoms with Gasteiger partial charge in [-0.05, 0) is 12.1 Å². The summed E-state index contributed by atoms with van der Waals surface area (Å²) in [5, 5.41) is 13.3. The maximum Gasteiger partial charge on any atom is 0.246 e. The maximum absolute atomic E-state index is 12.3. The Kier molecular flexibility index (Phi) is 6.14. The van der Waals surface area contributed by atoms with Gasteiger partial charge in [0.2, 0.25) is 11.8 Å². The first-order chi connectivity index (χ1) is 12.9. The van der Waals surface area contributed by atoms with Crippen molar-refractivity contribution in [2.24, 2.45) is 0 Å². The van der Waals surface area contributed by atoms with Crippen LogP contribution in [0.4, 0.5) is 5.69 Å². The maximum atomic E-state index is 12.3. The predicted octanol–water partition coefficient (Wildman–Crippen LogP) is 1.65. The highest BCUT2D eigenvalue weighted by Gasteiger charge is 2.36. The lowest BCUT2D eigenvalue weighted by molar-refractivity contribution is -0.137. The molecular weight excluding hydrogens is 391 g/mol. The molecule has 1 aromatic rings. The first-order valence-corrected chi connectivity index (χ1v) is 9.49. The van der Waals surface area contributed by atoms with E-state index in [1.54, 1.807) is 9.80 Å². The molecule has 2 fully saturated rings. The molecule has 0 atom stereocenters. The zero-order valence-electron chi connectivity index (χ0n) is 14.8. The van der Waals surface area contributed by atoms with Crippen molar-refractivity contribution in [1.29, 1.82) is 0 Å². The third-order valence-corrected chi connectivity index (χ3v) is 5.72. The number of phenolic OH excluding ortho intramolecular Hbond substituents is 1. The molecule has 2 heterocycles. The molecule has 2 saturated heterocycles. The average molecular weight is 413 g/mol. The van der Waals surface area contributed by atoms with Gasteiger partial charge in [-0.1, -0.05) is 29.8 Å². The molecular formula is C18H22Cl2N4O3. The largest absolute Gasteiger partial charge is 0.506 e. The number of amides is 2. The Morgan fingerprint density at radius 3 is 2.41 bits per heavy atom. The number of nitrogens with zero attached hydrogens (tertiary/aromatic N) is 3. The summed E-state index contributed by atoms with van der Waals surface area (Å²) in [6.45, 7) is 7.92. The number of carbonyl (C=O) groups excluding carboxylic acids is 2. The topological polar surface area (TPSA) is 76.1 Å². The Morgan fingerprint density at radius 2 is 1.78 bits per heavy atom. The lowest BCUT2D eigenvalue weighted by atomic mass is 10.1. The van der Waals surface area contributed by atoms with Gasteiger partial charge in [-0.3, -0.25) is 14.5 Å².